The molecule has 1 heterocycles. The normalized spacial score (nSPS) is 11.9. The minimum atomic E-state index is -0.917. The molecule has 4 heteroatoms. The van der Waals surface area contributed by atoms with Crippen molar-refractivity contribution in [2.75, 3.05) is 0 Å². The third-order valence-corrected chi connectivity index (χ3v) is 6.17. The average molecular weight is 461 g/mol. The van der Waals surface area contributed by atoms with Crippen LogP contribution in [0.1, 0.15) is 70.3 Å². The van der Waals surface area contributed by atoms with E-state index in [1.165, 1.54) is 5.57 Å². The Morgan fingerprint density at radius 1 is 1.00 bits per heavy atom. The molecule has 0 atom stereocenters. The molecule has 0 fully saturated rings. The van der Waals surface area contributed by atoms with Crippen molar-refractivity contribution in [3.8, 4) is 11.1 Å². The number of alkyl halides is 1. The van der Waals surface area contributed by atoms with Crippen molar-refractivity contribution in [3.63, 3.8) is 0 Å². The van der Waals surface area contributed by atoms with Gasteiger partial charge in [-0.15, -0.1) is 0 Å². The zero-order chi connectivity index (χ0) is 25.5. The van der Waals surface area contributed by atoms with Crippen LogP contribution in [0.15, 0.2) is 67.5 Å². The maximum Gasteiger partial charge on any atom is 0.159 e. The zero-order valence-electron chi connectivity index (χ0n) is 21.6. The van der Waals surface area contributed by atoms with Gasteiger partial charge in [0.05, 0.1) is 6.20 Å². The highest BCUT2D eigenvalue weighted by Crippen LogP contribution is 2.21. The van der Waals surface area contributed by atoms with Crippen LogP contribution in [-0.4, -0.2) is 21.2 Å². The third kappa shape index (κ3) is 6.86. The Morgan fingerprint density at radius 2 is 1.59 bits per heavy atom. The number of aromatic nitrogens is 2. The quantitative estimate of drug-likeness (QED) is 0.399. The number of carbonyl (C=O) groups excluding carboxylic acids is 1. The van der Waals surface area contributed by atoms with E-state index in [0.717, 1.165) is 32.7 Å². The van der Waals surface area contributed by atoms with Crippen molar-refractivity contribution >= 4 is 16.9 Å². The third-order valence-electron chi connectivity index (χ3n) is 6.17. The van der Waals surface area contributed by atoms with Gasteiger partial charge in [-0.25, -0.2) is 4.39 Å². The highest BCUT2D eigenvalue weighted by atomic mass is 19.1. The van der Waals surface area contributed by atoms with Crippen molar-refractivity contribution in [2.45, 2.75) is 60.1 Å². The lowest BCUT2D eigenvalue weighted by Gasteiger charge is -2.13. The van der Waals surface area contributed by atoms with Crippen LogP contribution in [0.5, 0.6) is 0 Å². The Labute approximate surface area is 203 Å². The van der Waals surface area contributed by atoms with Crippen LogP contribution >= 0.6 is 0 Å². The van der Waals surface area contributed by atoms with Gasteiger partial charge in [0.25, 0.3) is 0 Å². The molecule has 0 N–H and O–H groups in total. The van der Waals surface area contributed by atoms with Gasteiger partial charge in [-0.1, -0.05) is 68.5 Å². The largest absolute Gasteiger partial charge is 0.295 e. The summed E-state index contributed by atoms with van der Waals surface area (Å²) in [5.74, 6) is 0.0619. The maximum atomic E-state index is 12.5. The molecule has 0 aliphatic rings. The number of nitrogens with zero attached hydrogens (tertiary/aromatic N) is 2. The molecule has 180 valence electrons. The number of halogens is 1. The van der Waals surface area contributed by atoms with Crippen LogP contribution in [0.2, 0.25) is 0 Å². The van der Waals surface area contributed by atoms with Crippen molar-refractivity contribution in [2.24, 2.45) is 7.05 Å². The fourth-order valence-electron chi connectivity index (χ4n) is 3.47. The molecule has 1 aromatic heterocycles. The van der Waals surface area contributed by atoms with Gasteiger partial charge in [0, 0.05) is 24.4 Å². The summed E-state index contributed by atoms with van der Waals surface area (Å²) in [5.41, 5.74) is 5.29. The van der Waals surface area contributed by atoms with Crippen LogP contribution in [0.4, 0.5) is 4.39 Å². The van der Waals surface area contributed by atoms with Gasteiger partial charge in [0.2, 0.25) is 0 Å². The van der Waals surface area contributed by atoms with Crippen LogP contribution in [-0.2, 0) is 7.05 Å². The van der Waals surface area contributed by atoms with Crippen molar-refractivity contribution < 1.29 is 9.18 Å². The molecule has 34 heavy (non-hydrogen) atoms. The van der Waals surface area contributed by atoms with Gasteiger partial charge < -0.3 is 0 Å². The number of rotatable bonds is 6. The first-order chi connectivity index (χ1) is 16.0. The van der Waals surface area contributed by atoms with Gasteiger partial charge in [0.1, 0.15) is 5.67 Å². The Hall–Kier alpha value is -3.27. The lowest BCUT2D eigenvalue weighted by Crippen LogP contribution is -2.29. The van der Waals surface area contributed by atoms with E-state index in [0.29, 0.717) is 18.4 Å². The van der Waals surface area contributed by atoms with E-state index < -0.39 is 5.67 Å². The van der Waals surface area contributed by atoms with Gasteiger partial charge in [-0.05, 0) is 73.7 Å². The molecular formula is C30H37FN2O. The minimum Gasteiger partial charge on any atom is -0.295 e. The van der Waals surface area contributed by atoms with Crippen LogP contribution in [0, 0.1) is 0 Å². The van der Waals surface area contributed by atoms with Crippen molar-refractivity contribution in [1.29, 1.82) is 0 Å². The molecule has 0 bridgehead atoms. The van der Waals surface area contributed by atoms with Crippen molar-refractivity contribution in [1.82, 2.24) is 9.78 Å². The first kappa shape index (κ1) is 27.0. The molecule has 0 aliphatic heterocycles. The highest BCUT2D eigenvalue weighted by Gasteiger charge is 2.15. The SMILES string of the molecule is C=C/C(c1ccc(-c2cnn(C)c2)cc1)=c1/cc(C(C)=O)ccc1=C(C)C.CCC(C)(F)CC. The molecule has 0 radical (unpaired) electrons. The predicted octanol–water partition coefficient (Wildman–Crippen LogP) is 6.40. The smallest absolute Gasteiger partial charge is 0.159 e. The molecular weight excluding hydrogens is 423 g/mol. The number of allylic oxidation sites excluding steroid dienone is 1. The summed E-state index contributed by atoms with van der Waals surface area (Å²) in [5, 5.41) is 6.40. The molecule has 3 rings (SSSR count). The molecule has 0 unspecified atom stereocenters. The number of aryl methyl sites for hydroxylation is 1. The van der Waals surface area contributed by atoms with E-state index in [-0.39, 0.29) is 5.78 Å². The zero-order valence-corrected chi connectivity index (χ0v) is 21.6. The van der Waals surface area contributed by atoms with Gasteiger partial charge in [0.15, 0.2) is 5.78 Å². The number of Topliss-reactive ketones (excluding diaryl/α,β-unsaturated/α-hetero) is 1. The number of benzene rings is 2. The standard InChI is InChI=1S/C24H24N2O.C6H13F/c1-6-22(24-13-20(17(4)27)11-12-23(24)16(2)3)19-9-7-18(8-10-19)21-14-25-26(5)15-21;1-4-6(3,7)5-2/h6-15H,1H2,2-5H3;4-5H2,1-3H3/b24-22+;. The lowest BCUT2D eigenvalue weighted by molar-refractivity contribution is 0.101. The van der Waals surface area contributed by atoms with E-state index in [4.69, 9.17) is 0 Å². The fourth-order valence-corrected chi connectivity index (χ4v) is 3.47. The minimum absolute atomic E-state index is 0.0619. The summed E-state index contributed by atoms with van der Waals surface area (Å²) < 4.78 is 14.3. The van der Waals surface area contributed by atoms with Crippen LogP contribution in [0.25, 0.3) is 22.3 Å². The highest BCUT2D eigenvalue weighted by molar-refractivity contribution is 5.94. The van der Waals surface area contributed by atoms with Crippen LogP contribution in [0.3, 0.4) is 0 Å². The van der Waals surface area contributed by atoms with E-state index in [2.05, 4.69) is 49.8 Å². The summed E-state index contributed by atoms with van der Waals surface area (Å²) in [4.78, 5) is 11.9. The summed E-state index contributed by atoms with van der Waals surface area (Å²) in [6.45, 7) is 15.1. The van der Waals surface area contributed by atoms with E-state index in [9.17, 15) is 9.18 Å². The second-order valence-corrected chi connectivity index (χ2v) is 9.03. The van der Waals surface area contributed by atoms with Crippen LogP contribution < -0.4 is 10.4 Å². The summed E-state index contributed by atoms with van der Waals surface area (Å²) in [7, 11) is 1.91. The Morgan fingerprint density at radius 3 is 2.00 bits per heavy atom. The second-order valence-electron chi connectivity index (χ2n) is 9.03. The van der Waals surface area contributed by atoms with E-state index >= 15 is 0 Å². The van der Waals surface area contributed by atoms with E-state index in [1.807, 2.05) is 57.6 Å². The van der Waals surface area contributed by atoms with Gasteiger partial charge in [-0.3, -0.25) is 9.48 Å². The predicted molar refractivity (Wildman–Crippen MR) is 142 cm³/mol. The van der Waals surface area contributed by atoms with Crippen molar-refractivity contribution in [3.05, 3.63) is 89.1 Å². The fraction of sp³-hybridized carbons (Fsp3) is 0.333. The first-order valence-electron chi connectivity index (χ1n) is 11.8. The first-order valence-corrected chi connectivity index (χ1v) is 11.8. The topological polar surface area (TPSA) is 34.9 Å². The molecule has 2 aromatic carbocycles. The number of hydrogen-bond acceptors (Lipinski definition) is 2. The second kappa shape index (κ2) is 11.7. The Balaban J connectivity index is 0.000000509. The summed E-state index contributed by atoms with van der Waals surface area (Å²) >= 11 is 0. The molecule has 3 aromatic rings. The molecule has 0 spiro atoms. The molecule has 0 aliphatic carbocycles. The Bertz CT molecular complexity index is 1250. The lowest BCUT2D eigenvalue weighted by atomic mass is 9.97. The number of hydrogen-bond donors (Lipinski definition) is 0. The molecule has 3 nitrogen and oxygen atoms in total. The molecule has 0 saturated carbocycles. The molecule has 0 amide bonds. The number of carbonyl (C=O) groups is 1. The summed E-state index contributed by atoms with van der Waals surface area (Å²) in [6, 6.07) is 14.2. The maximum absolute atomic E-state index is 12.5. The summed E-state index contributed by atoms with van der Waals surface area (Å²) in [6.07, 6.45) is 6.98. The van der Waals surface area contributed by atoms with E-state index in [1.54, 1.807) is 18.5 Å². The number of ketones is 1. The van der Waals surface area contributed by atoms with Gasteiger partial charge >= 0.3 is 0 Å². The average Bonchev–Trinajstić information content (AvgIpc) is 3.26. The Kier molecular flexibility index (Phi) is 9.31. The monoisotopic (exact) mass is 460 g/mol. The van der Waals surface area contributed by atoms with Gasteiger partial charge in [-0.2, -0.15) is 5.10 Å². The molecule has 0 saturated heterocycles.